The first kappa shape index (κ1) is 11.7. The van der Waals surface area contributed by atoms with Gasteiger partial charge in [-0.2, -0.15) is 0 Å². The smallest absolute Gasteiger partial charge is 0.338 e. The number of carbonyl (C=O) groups is 1. The number of aromatic nitrogens is 1. The van der Waals surface area contributed by atoms with E-state index in [1.165, 1.54) is 10.6 Å². The van der Waals surface area contributed by atoms with Crippen LogP contribution >= 0.6 is 15.9 Å². The van der Waals surface area contributed by atoms with Crippen molar-refractivity contribution in [2.45, 2.75) is 6.54 Å². The van der Waals surface area contributed by atoms with Crippen molar-refractivity contribution in [3.8, 4) is 0 Å². The molecular formula is C11H8BrNO4. The van der Waals surface area contributed by atoms with E-state index in [4.69, 9.17) is 9.52 Å². The van der Waals surface area contributed by atoms with Crippen molar-refractivity contribution >= 4 is 21.9 Å². The van der Waals surface area contributed by atoms with E-state index in [1.807, 2.05) is 0 Å². The van der Waals surface area contributed by atoms with Gasteiger partial charge in [-0.1, -0.05) is 0 Å². The van der Waals surface area contributed by atoms with Crippen molar-refractivity contribution in [2.75, 3.05) is 0 Å². The molecule has 0 amide bonds. The van der Waals surface area contributed by atoms with Gasteiger partial charge in [0, 0.05) is 6.20 Å². The molecule has 6 heteroatoms. The first-order valence-corrected chi connectivity index (χ1v) is 5.53. The molecule has 1 N–H and O–H groups in total. The van der Waals surface area contributed by atoms with Crippen LogP contribution in [0.1, 0.15) is 16.1 Å². The minimum Gasteiger partial charge on any atom is -0.478 e. The largest absolute Gasteiger partial charge is 0.478 e. The maximum Gasteiger partial charge on any atom is 0.338 e. The third kappa shape index (κ3) is 2.47. The van der Waals surface area contributed by atoms with Crippen LogP contribution in [-0.2, 0) is 6.54 Å². The van der Waals surface area contributed by atoms with Gasteiger partial charge < -0.3 is 14.1 Å². The average molecular weight is 298 g/mol. The highest BCUT2D eigenvalue weighted by Gasteiger charge is 2.09. The fraction of sp³-hybridized carbons (Fsp3) is 0.0909. The molecule has 17 heavy (non-hydrogen) atoms. The molecule has 0 saturated carbocycles. The molecule has 2 aromatic heterocycles. The summed E-state index contributed by atoms with van der Waals surface area (Å²) in [5.74, 6) is -0.635. The average Bonchev–Trinajstić information content (AvgIpc) is 2.73. The predicted octanol–water partition coefficient (Wildman–Crippen LogP) is 1.95. The van der Waals surface area contributed by atoms with Crippen LogP contribution < -0.4 is 5.56 Å². The molecule has 2 rings (SSSR count). The van der Waals surface area contributed by atoms with Crippen LogP contribution in [-0.4, -0.2) is 15.6 Å². The number of pyridine rings is 1. The third-order valence-corrected chi connectivity index (χ3v) is 2.80. The lowest BCUT2D eigenvalue weighted by Crippen LogP contribution is -2.19. The van der Waals surface area contributed by atoms with Gasteiger partial charge in [0.05, 0.1) is 16.6 Å². The second-order valence-electron chi connectivity index (χ2n) is 3.40. The second-order valence-corrected chi connectivity index (χ2v) is 4.25. The van der Waals surface area contributed by atoms with Crippen molar-refractivity contribution in [1.82, 2.24) is 4.57 Å². The maximum absolute atomic E-state index is 11.7. The molecule has 2 aromatic rings. The van der Waals surface area contributed by atoms with Gasteiger partial charge in [0.15, 0.2) is 0 Å². The van der Waals surface area contributed by atoms with E-state index in [-0.39, 0.29) is 17.7 Å². The quantitative estimate of drug-likeness (QED) is 0.940. The lowest BCUT2D eigenvalue weighted by molar-refractivity contribution is 0.0696. The van der Waals surface area contributed by atoms with E-state index in [0.29, 0.717) is 10.2 Å². The second kappa shape index (κ2) is 4.58. The van der Waals surface area contributed by atoms with E-state index in [9.17, 15) is 9.59 Å². The minimum atomic E-state index is -1.05. The van der Waals surface area contributed by atoms with Gasteiger partial charge in [0.1, 0.15) is 12.0 Å². The van der Waals surface area contributed by atoms with Crippen LogP contribution in [0.5, 0.6) is 0 Å². The van der Waals surface area contributed by atoms with Crippen LogP contribution in [0.2, 0.25) is 0 Å². The first-order chi connectivity index (χ1) is 8.08. The van der Waals surface area contributed by atoms with E-state index < -0.39 is 5.97 Å². The molecular weight excluding hydrogens is 290 g/mol. The van der Waals surface area contributed by atoms with Gasteiger partial charge in [0.2, 0.25) is 0 Å². The van der Waals surface area contributed by atoms with E-state index in [0.717, 1.165) is 6.26 Å². The number of carboxylic acid groups (broad SMARTS) is 1. The minimum absolute atomic E-state index is 0.0723. The Labute approximate surface area is 104 Å². The van der Waals surface area contributed by atoms with Crippen LogP contribution in [0, 0.1) is 0 Å². The molecule has 0 fully saturated rings. The van der Waals surface area contributed by atoms with Crippen molar-refractivity contribution in [1.29, 1.82) is 0 Å². The summed E-state index contributed by atoms with van der Waals surface area (Å²) < 4.78 is 6.94. The Kier molecular flexibility index (Phi) is 3.14. The molecule has 0 bridgehead atoms. The fourth-order valence-corrected chi connectivity index (χ4v) is 1.76. The number of furan rings is 1. The number of nitrogens with zero attached hydrogens (tertiary/aromatic N) is 1. The van der Waals surface area contributed by atoms with Crippen LogP contribution in [0.15, 0.2) is 44.3 Å². The van der Waals surface area contributed by atoms with Crippen molar-refractivity contribution in [2.24, 2.45) is 0 Å². The summed E-state index contributed by atoms with van der Waals surface area (Å²) in [4.78, 5) is 22.3. The maximum atomic E-state index is 11.7. The molecule has 0 aliphatic heterocycles. The highest BCUT2D eigenvalue weighted by atomic mass is 79.9. The summed E-state index contributed by atoms with van der Waals surface area (Å²) in [5.41, 5.74) is -0.121. The van der Waals surface area contributed by atoms with Crippen LogP contribution in [0.25, 0.3) is 0 Å². The highest BCUT2D eigenvalue weighted by molar-refractivity contribution is 9.10. The number of aromatic carboxylic acids is 1. The predicted molar refractivity (Wildman–Crippen MR) is 63.2 cm³/mol. The van der Waals surface area contributed by atoms with Gasteiger partial charge in [-0.25, -0.2) is 4.79 Å². The summed E-state index contributed by atoms with van der Waals surface area (Å²) >= 11 is 3.13. The van der Waals surface area contributed by atoms with E-state index >= 15 is 0 Å². The molecule has 0 aliphatic rings. The Hall–Kier alpha value is -1.82. The molecule has 0 aliphatic carbocycles. The molecule has 0 unspecified atom stereocenters. The van der Waals surface area contributed by atoms with E-state index in [2.05, 4.69) is 15.9 Å². The topological polar surface area (TPSA) is 72.4 Å². The number of hydrogen-bond acceptors (Lipinski definition) is 3. The number of halogens is 1. The molecule has 0 aromatic carbocycles. The summed E-state index contributed by atoms with van der Waals surface area (Å²) in [6.45, 7) is 0.200. The Morgan fingerprint density at radius 2 is 2.29 bits per heavy atom. The molecule has 0 saturated heterocycles. The van der Waals surface area contributed by atoms with Gasteiger partial charge in [0.25, 0.3) is 5.56 Å². The zero-order valence-electron chi connectivity index (χ0n) is 8.59. The molecule has 88 valence electrons. The lowest BCUT2D eigenvalue weighted by Gasteiger charge is -2.02. The van der Waals surface area contributed by atoms with Crippen molar-refractivity contribution in [3.05, 3.63) is 56.8 Å². The zero-order chi connectivity index (χ0) is 12.4. The molecule has 0 spiro atoms. The van der Waals surface area contributed by atoms with Gasteiger partial charge >= 0.3 is 5.97 Å². The zero-order valence-corrected chi connectivity index (χ0v) is 10.2. The standard InChI is InChI=1S/C11H8BrNO4/c12-9-2-1-3-13(10(9)14)5-8-4-7(6-17-8)11(15)16/h1-4,6H,5H2,(H,15,16). The van der Waals surface area contributed by atoms with Crippen LogP contribution in [0.3, 0.4) is 0 Å². The van der Waals surface area contributed by atoms with Crippen LogP contribution in [0.4, 0.5) is 0 Å². The molecule has 2 heterocycles. The van der Waals surface area contributed by atoms with Crippen molar-refractivity contribution in [3.63, 3.8) is 0 Å². The Morgan fingerprint density at radius 1 is 1.53 bits per heavy atom. The monoisotopic (exact) mass is 297 g/mol. The highest BCUT2D eigenvalue weighted by Crippen LogP contribution is 2.09. The summed E-state index contributed by atoms with van der Waals surface area (Å²) in [6.07, 6.45) is 2.76. The number of hydrogen-bond donors (Lipinski definition) is 1. The summed E-state index contributed by atoms with van der Waals surface area (Å²) in [6, 6.07) is 4.76. The van der Waals surface area contributed by atoms with Gasteiger partial charge in [-0.05, 0) is 34.1 Å². The molecule has 0 radical (unpaired) electrons. The number of rotatable bonds is 3. The lowest BCUT2D eigenvalue weighted by atomic mass is 10.3. The normalized spacial score (nSPS) is 10.4. The number of carboxylic acids is 1. The summed E-state index contributed by atoms with van der Waals surface area (Å²) in [5, 5.41) is 8.73. The molecule has 0 atom stereocenters. The first-order valence-electron chi connectivity index (χ1n) is 4.73. The van der Waals surface area contributed by atoms with Gasteiger partial charge in [-0.15, -0.1) is 0 Å². The van der Waals surface area contributed by atoms with Crippen molar-refractivity contribution < 1.29 is 14.3 Å². The SMILES string of the molecule is O=C(O)c1coc(Cn2cccc(Br)c2=O)c1. The van der Waals surface area contributed by atoms with E-state index in [1.54, 1.807) is 18.3 Å². The summed E-state index contributed by atoms with van der Waals surface area (Å²) in [7, 11) is 0. The Balaban J connectivity index is 2.28. The third-order valence-electron chi connectivity index (χ3n) is 2.20. The molecule has 5 nitrogen and oxygen atoms in total. The van der Waals surface area contributed by atoms with Gasteiger partial charge in [-0.3, -0.25) is 4.79 Å². The Bertz CT molecular complexity index is 614. The fourth-order valence-electron chi connectivity index (χ4n) is 1.38. The Morgan fingerprint density at radius 3 is 2.94 bits per heavy atom.